The van der Waals surface area contributed by atoms with Gasteiger partial charge in [-0.25, -0.2) is 0 Å². The zero-order valence-electron chi connectivity index (χ0n) is 4.83. The summed E-state index contributed by atoms with van der Waals surface area (Å²) >= 11 is 0. The second kappa shape index (κ2) is 4.89. The summed E-state index contributed by atoms with van der Waals surface area (Å²) in [5.74, 6) is -9.44. The third-order valence-electron chi connectivity index (χ3n) is 0.707. The maximum absolute atomic E-state index is 9.63. The van der Waals surface area contributed by atoms with Crippen molar-refractivity contribution in [3.05, 3.63) is 0 Å². The van der Waals surface area contributed by atoms with Crippen LogP contribution in [0.1, 0.15) is 0 Å². The molecule has 0 heterocycles. The van der Waals surface area contributed by atoms with Crippen LogP contribution < -0.4 is 15.3 Å². The van der Waals surface area contributed by atoms with E-state index in [9.17, 15) is 29.7 Å². The summed E-state index contributed by atoms with van der Waals surface area (Å²) in [6.45, 7) is 0. The van der Waals surface area contributed by atoms with Gasteiger partial charge in [0.05, 0.1) is 23.8 Å². The molecule has 0 aliphatic carbocycles. The Balaban J connectivity index is 0. The smallest absolute Gasteiger partial charge is 0.0778 e. The van der Waals surface area contributed by atoms with Crippen LogP contribution in [-0.4, -0.2) is 17.9 Å². The van der Waals surface area contributed by atoms with Crippen molar-refractivity contribution in [2.75, 3.05) is 0 Å². The molecule has 0 amide bonds. The minimum atomic E-state index is -2.69. The number of carbonyl (C=O) groups is 3. The number of carbonyl (C=O) groups excluding carboxylic acids is 3. The maximum Gasteiger partial charge on any atom is 0.0778 e. The van der Waals surface area contributed by atoms with Gasteiger partial charge in [-0.2, -0.15) is 0 Å². The zero-order valence-corrected chi connectivity index (χ0v) is 6.31. The quantitative estimate of drug-likeness (QED) is 0.366. The summed E-state index contributed by atoms with van der Waals surface area (Å²) < 4.78 is 0. The predicted molar refractivity (Wildman–Crippen MR) is 18.5 cm³/mol. The summed E-state index contributed by atoms with van der Waals surface area (Å²) in [7, 11) is 0. The number of carboxylic acids is 3. The van der Waals surface area contributed by atoms with Gasteiger partial charge in [0.2, 0.25) is 0 Å². The molecule has 0 bridgehead atoms. The molecule has 0 N–H and O–H groups in total. The number of rotatable bonds is 3. The first-order valence-electron chi connectivity index (χ1n) is 2.09. The Morgan fingerprint density at radius 1 is 0.818 bits per heavy atom. The van der Waals surface area contributed by atoms with Crippen molar-refractivity contribution in [3.63, 3.8) is 0 Å². The summed E-state index contributed by atoms with van der Waals surface area (Å²) in [4.78, 5) is 28.9. The molecule has 7 heteroatoms. The Morgan fingerprint density at radius 2 is 1.00 bits per heavy atom. The summed E-state index contributed by atoms with van der Waals surface area (Å²) in [5, 5.41) is 28.9. The molecule has 0 atom stereocenters. The maximum atomic E-state index is 9.63. The van der Waals surface area contributed by atoms with E-state index in [1.165, 1.54) is 0 Å². The Kier molecular flexibility index (Phi) is 5.69. The van der Waals surface area contributed by atoms with E-state index in [0.29, 0.717) is 0 Å². The van der Waals surface area contributed by atoms with Crippen molar-refractivity contribution < 1.29 is 52.1 Å². The van der Waals surface area contributed by atoms with E-state index in [0.717, 1.165) is 0 Å². The minimum absolute atomic E-state index is 0. The van der Waals surface area contributed by atoms with Gasteiger partial charge in [0.15, 0.2) is 0 Å². The summed E-state index contributed by atoms with van der Waals surface area (Å²) in [6.07, 6.45) is 0. The molecule has 0 aliphatic rings. The van der Waals surface area contributed by atoms with E-state index in [4.69, 9.17) is 0 Å². The standard InChI is InChI=1S/C4H4O6.Ag/c5-2(6)1(3(7)8)4(9)10;/h1H,(H,5,6)(H,7,8)(H,9,10);/p-3. The molecule has 11 heavy (non-hydrogen) atoms. The van der Waals surface area contributed by atoms with Crippen molar-refractivity contribution in [1.29, 1.82) is 0 Å². The average molecular weight is 253 g/mol. The molecule has 6 nitrogen and oxygen atoms in total. The van der Waals surface area contributed by atoms with Crippen LogP contribution in [0.4, 0.5) is 0 Å². The summed E-state index contributed by atoms with van der Waals surface area (Å²) in [5.41, 5.74) is 0. The first-order chi connectivity index (χ1) is 4.46. The van der Waals surface area contributed by atoms with Gasteiger partial charge < -0.3 is 29.7 Å². The first kappa shape index (κ1) is 12.8. The molecule has 0 saturated heterocycles. The Morgan fingerprint density at radius 3 is 1.00 bits per heavy atom. The SMILES string of the molecule is O=C([O-])C(C(=O)[O-])C(=O)[O-].[Ag]. The Hall–Kier alpha value is -0.850. The number of carboxylic acid groups (broad SMARTS) is 3. The zero-order chi connectivity index (χ0) is 8.31. The Labute approximate surface area is 76.3 Å². The van der Waals surface area contributed by atoms with Crippen LogP contribution in [-0.2, 0) is 36.8 Å². The molecule has 0 rings (SSSR count). The van der Waals surface area contributed by atoms with Crippen molar-refractivity contribution in [1.82, 2.24) is 0 Å². The van der Waals surface area contributed by atoms with Crippen molar-refractivity contribution >= 4 is 17.9 Å². The van der Waals surface area contributed by atoms with Gasteiger partial charge in [-0.3, -0.25) is 0 Å². The molecule has 0 unspecified atom stereocenters. The Bertz CT molecular complexity index is 154. The largest absolute Gasteiger partial charge is 0.549 e. The molecular formula is C4HAgO6-3. The van der Waals surface area contributed by atoms with E-state index in [1.54, 1.807) is 0 Å². The van der Waals surface area contributed by atoms with Crippen LogP contribution in [0.3, 0.4) is 0 Å². The van der Waals surface area contributed by atoms with Gasteiger partial charge in [-0.05, 0) is 0 Å². The molecular weight excluding hydrogens is 252 g/mol. The van der Waals surface area contributed by atoms with Crippen LogP contribution >= 0.6 is 0 Å². The molecule has 0 aromatic heterocycles. The third kappa shape index (κ3) is 3.76. The van der Waals surface area contributed by atoms with E-state index in [2.05, 4.69) is 0 Å². The fourth-order valence-corrected chi connectivity index (χ4v) is 0.289. The molecule has 0 saturated carbocycles. The monoisotopic (exact) mass is 252 g/mol. The van der Waals surface area contributed by atoms with Gasteiger partial charge in [-0.15, -0.1) is 0 Å². The van der Waals surface area contributed by atoms with E-state index < -0.39 is 23.8 Å². The molecule has 1 radical (unpaired) electrons. The van der Waals surface area contributed by atoms with E-state index >= 15 is 0 Å². The van der Waals surface area contributed by atoms with Gasteiger partial charge in [0.1, 0.15) is 0 Å². The summed E-state index contributed by atoms with van der Waals surface area (Å²) in [6, 6.07) is 0. The van der Waals surface area contributed by atoms with Crippen LogP contribution in [0.25, 0.3) is 0 Å². The van der Waals surface area contributed by atoms with E-state index in [1.807, 2.05) is 0 Å². The molecule has 0 aromatic rings. The van der Waals surface area contributed by atoms with Crippen molar-refractivity contribution in [2.45, 2.75) is 0 Å². The van der Waals surface area contributed by atoms with E-state index in [-0.39, 0.29) is 22.4 Å². The predicted octanol–water partition coefficient (Wildman–Crippen LogP) is -5.15. The van der Waals surface area contributed by atoms with Crippen LogP contribution in [0.5, 0.6) is 0 Å². The van der Waals surface area contributed by atoms with Crippen molar-refractivity contribution in [3.8, 4) is 0 Å². The van der Waals surface area contributed by atoms with Crippen LogP contribution in [0.2, 0.25) is 0 Å². The van der Waals surface area contributed by atoms with Gasteiger partial charge in [0.25, 0.3) is 0 Å². The van der Waals surface area contributed by atoms with Gasteiger partial charge in [-0.1, -0.05) is 0 Å². The average Bonchev–Trinajstić information content (AvgIpc) is 1.59. The number of hydrogen-bond donors (Lipinski definition) is 0. The normalized spacial score (nSPS) is 8.45. The number of aliphatic carboxylic acids is 3. The fraction of sp³-hybridized carbons (Fsp3) is 0.250. The van der Waals surface area contributed by atoms with Gasteiger partial charge in [0, 0.05) is 22.4 Å². The fourth-order valence-electron chi connectivity index (χ4n) is 0.289. The molecule has 0 spiro atoms. The number of hydrogen-bond acceptors (Lipinski definition) is 6. The van der Waals surface area contributed by atoms with Crippen LogP contribution in [0.15, 0.2) is 0 Å². The third-order valence-corrected chi connectivity index (χ3v) is 0.707. The first-order valence-corrected chi connectivity index (χ1v) is 2.09. The molecule has 0 aliphatic heterocycles. The minimum Gasteiger partial charge on any atom is -0.549 e. The molecule has 67 valence electrons. The topological polar surface area (TPSA) is 120 Å². The second-order valence-corrected chi connectivity index (χ2v) is 1.39. The van der Waals surface area contributed by atoms with Crippen LogP contribution in [0, 0.1) is 5.92 Å². The molecule has 0 fully saturated rings. The van der Waals surface area contributed by atoms with Crippen molar-refractivity contribution in [2.24, 2.45) is 5.92 Å². The second-order valence-electron chi connectivity index (χ2n) is 1.39. The van der Waals surface area contributed by atoms with Gasteiger partial charge >= 0.3 is 0 Å². The molecule has 0 aromatic carbocycles.